The molecule has 0 spiro atoms. The molecule has 1 atom stereocenters. The minimum Gasteiger partial charge on any atom is -0.313 e. The standard InChI is InChI=1S/C15H24FNS/c1-4-9-17-14(11-18-12(2)3)10-13-7-5-6-8-15(13)16/h5-8,12,14,17H,4,9-11H2,1-3H3. The highest BCUT2D eigenvalue weighted by Crippen LogP contribution is 2.15. The molecule has 0 aliphatic carbocycles. The highest BCUT2D eigenvalue weighted by atomic mass is 32.2. The van der Waals surface area contributed by atoms with Crippen LogP contribution >= 0.6 is 11.8 Å². The summed E-state index contributed by atoms with van der Waals surface area (Å²) in [5.41, 5.74) is 0.815. The van der Waals surface area contributed by atoms with E-state index in [1.54, 1.807) is 12.1 Å². The molecule has 0 aliphatic rings. The number of benzene rings is 1. The molecule has 1 unspecified atom stereocenters. The maximum atomic E-state index is 13.6. The molecule has 0 fully saturated rings. The van der Waals surface area contributed by atoms with Crippen LogP contribution in [-0.4, -0.2) is 23.6 Å². The molecule has 3 heteroatoms. The van der Waals surface area contributed by atoms with Gasteiger partial charge in [-0.05, 0) is 36.3 Å². The zero-order chi connectivity index (χ0) is 13.4. The Labute approximate surface area is 115 Å². The molecule has 1 nitrogen and oxygen atoms in total. The highest BCUT2D eigenvalue weighted by Gasteiger charge is 2.12. The van der Waals surface area contributed by atoms with Crippen LogP contribution in [0.4, 0.5) is 4.39 Å². The van der Waals surface area contributed by atoms with Crippen LogP contribution < -0.4 is 5.32 Å². The summed E-state index contributed by atoms with van der Waals surface area (Å²) in [6, 6.07) is 7.44. The zero-order valence-electron chi connectivity index (χ0n) is 11.6. The smallest absolute Gasteiger partial charge is 0.126 e. The van der Waals surface area contributed by atoms with Crippen molar-refractivity contribution in [2.45, 2.75) is 44.9 Å². The number of rotatable bonds is 8. The molecule has 0 amide bonds. The van der Waals surface area contributed by atoms with Crippen molar-refractivity contribution in [3.8, 4) is 0 Å². The van der Waals surface area contributed by atoms with E-state index in [2.05, 4.69) is 26.1 Å². The van der Waals surface area contributed by atoms with E-state index in [1.807, 2.05) is 23.9 Å². The third-order valence-electron chi connectivity index (χ3n) is 2.74. The average Bonchev–Trinajstić information content (AvgIpc) is 2.35. The van der Waals surface area contributed by atoms with Crippen LogP contribution in [-0.2, 0) is 6.42 Å². The van der Waals surface area contributed by atoms with Gasteiger partial charge in [-0.1, -0.05) is 39.0 Å². The Morgan fingerprint density at radius 2 is 2.00 bits per heavy atom. The summed E-state index contributed by atoms with van der Waals surface area (Å²) in [5.74, 6) is 0.946. The number of nitrogens with one attached hydrogen (secondary N) is 1. The Morgan fingerprint density at radius 3 is 2.61 bits per heavy atom. The van der Waals surface area contributed by atoms with E-state index in [-0.39, 0.29) is 5.82 Å². The van der Waals surface area contributed by atoms with Crippen LogP contribution in [0.15, 0.2) is 24.3 Å². The van der Waals surface area contributed by atoms with E-state index >= 15 is 0 Å². The third kappa shape index (κ3) is 5.87. The largest absolute Gasteiger partial charge is 0.313 e. The second kappa shape index (κ2) is 8.54. The van der Waals surface area contributed by atoms with Crippen molar-refractivity contribution in [3.05, 3.63) is 35.6 Å². The van der Waals surface area contributed by atoms with Gasteiger partial charge in [0.1, 0.15) is 5.82 Å². The first-order valence-corrected chi connectivity index (χ1v) is 7.76. The molecule has 1 N–H and O–H groups in total. The number of hydrogen-bond donors (Lipinski definition) is 1. The first-order chi connectivity index (χ1) is 8.63. The maximum Gasteiger partial charge on any atom is 0.126 e. The van der Waals surface area contributed by atoms with E-state index in [9.17, 15) is 4.39 Å². The van der Waals surface area contributed by atoms with Crippen LogP contribution in [0.3, 0.4) is 0 Å². The van der Waals surface area contributed by atoms with E-state index in [0.29, 0.717) is 11.3 Å². The molecule has 102 valence electrons. The first kappa shape index (κ1) is 15.5. The van der Waals surface area contributed by atoms with Crippen LogP contribution in [0.5, 0.6) is 0 Å². The quantitative estimate of drug-likeness (QED) is 0.768. The van der Waals surface area contributed by atoms with Gasteiger partial charge in [-0.25, -0.2) is 4.39 Å². The fourth-order valence-corrected chi connectivity index (χ4v) is 2.63. The van der Waals surface area contributed by atoms with Crippen LogP contribution in [0.25, 0.3) is 0 Å². The molecule has 1 rings (SSSR count). The second-order valence-electron chi connectivity index (χ2n) is 4.83. The fourth-order valence-electron chi connectivity index (χ4n) is 1.78. The lowest BCUT2D eigenvalue weighted by atomic mass is 10.1. The molecule has 18 heavy (non-hydrogen) atoms. The summed E-state index contributed by atoms with van der Waals surface area (Å²) in [6.45, 7) is 7.55. The Bertz CT molecular complexity index is 341. The predicted octanol–water partition coefficient (Wildman–Crippen LogP) is 3.88. The van der Waals surface area contributed by atoms with Gasteiger partial charge in [0.15, 0.2) is 0 Å². The molecule has 0 saturated carbocycles. The van der Waals surface area contributed by atoms with Crippen molar-refractivity contribution in [1.82, 2.24) is 5.32 Å². The summed E-state index contributed by atoms with van der Waals surface area (Å²) in [7, 11) is 0. The molecule has 0 radical (unpaired) electrons. The van der Waals surface area contributed by atoms with Crippen molar-refractivity contribution >= 4 is 11.8 Å². The maximum absolute atomic E-state index is 13.6. The third-order valence-corrected chi connectivity index (χ3v) is 4.00. The minimum absolute atomic E-state index is 0.0876. The molecule has 0 aromatic heterocycles. The van der Waals surface area contributed by atoms with Gasteiger partial charge in [0, 0.05) is 11.8 Å². The second-order valence-corrected chi connectivity index (χ2v) is 6.44. The number of thioether (sulfide) groups is 1. The molecule has 0 heterocycles. The van der Waals surface area contributed by atoms with Crippen LogP contribution in [0.1, 0.15) is 32.8 Å². The van der Waals surface area contributed by atoms with Gasteiger partial charge in [0.25, 0.3) is 0 Å². The van der Waals surface area contributed by atoms with Crippen molar-refractivity contribution in [2.75, 3.05) is 12.3 Å². The number of halogens is 1. The molecule has 0 aliphatic heterocycles. The first-order valence-electron chi connectivity index (χ1n) is 6.71. The van der Waals surface area contributed by atoms with Crippen LogP contribution in [0.2, 0.25) is 0 Å². The monoisotopic (exact) mass is 269 g/mol. The summed E-state index contributed by atoms with van der Waals surface area (Å²) in [5, 5.41) is 4.13. The van der Waals surface area contributed by atoms with Crippen LogP contribution in [0, 0.1) is 5.82 Å². The van der Waals surface area contributed by atoms with Gasteiger partial charge >= 0.3 is 0 Å². The molecule has 0 bridgehead atoms. The van der Waals surface area contributed by atoms with Gasteiger partial charge in [-0.2, -0.15) is 11.8 Å². The lowest BCUT2D eigenvalue weighted by Gasteiger charge is -2.19. The summed E-state index contributed by atoms with van der Waals surface area (Å²) < 4.78 is 13.6. The van der Waals surface area contributed by atoms with Gasteiger partial charge in [0.05, 0.1) is 0 Å². The predicted molar refractivity (Wildman–Crippen MR) is 79.8 cm³/mol. The van der Waals surface area contributed by atoms with Crippen molar-refractivity contribution < 1.29 is 4.39 Å². The van der Waals surface area contributed by atoms with E-state index in [0.717, 1.165) is 30.7 Å². The van der Waals surface area contributed by atoms with Gasteiger partial charge in [-0.3, -0.25) is 0 Å². The Balaban J connectivity index is 2.56. The normalized spacial score (nSPS) is 12.9. The Kier molecular flexibility index (Phi) is 7.36. The lowest BCUT2D eigenvalue weighted by molar-refractivity contribution is 0.530. The minimum atomic E-state index is -0.0876. The lowest BCUT2D eigenvalue weighted by Crippen LogP contribution is -2.34. The van der Waals surface area contributed by atoms with Gasteiger partial charge < -0.3 is 5.32 Å². The highest BCUT2D eigenvalue weighted by molar-refractivity contribution is 7.99. The van der Waals surface area contributed by atoms with E-state index in [1.165, 1.54) is 0 Å². The molecule has 1 aromatic carbocycles. The van der Waals surface area contributed by atoms with Crippen molar-refractivity contribution in [3.63, 3.8) is 0 Å². The Morgan fingerprint density at radius 1 is 1.28 bits per heavy atom. The summed E-state index contributed by atoms with van der Waals surface area (Å²) in [6.07, 6.45) is 1.88. The van der Waals surface area contributed by atoms with Crippen molar-refractivity contribution in [1.29, 1.82) is 0 Å². The average molecular weight is 269 g/mol. The van der Waals surface area contributed by atoms with E-state index in [4.69, 9.17) is 0 Å². The topological polar surface area (TPSA) is 12.0 Å². The Hall–Kier alpha value is -0.540. The molecular weight excluding hydrogens is 245 g/mol. The summed E-state index contributed by atoms with van der Waals surface area (Å²) in [4.78, 5) is 0. The number of hydrogen-bond acceptors (Lipinski definition) is 2. The SMILES string of the molecule is CCCNC(CSC(C)C)Cc1ccccc1F. The van der Waals surface area contributed by atoms with Gasteiger partial charge in [0.2, 0.25) is 0 Å². The molecule has 1 aromatic rings. The summed E-state index contributed by atoms with van der Waals surface area (Å²) >= 11 is 1.93. The van der Waals surface area contributed by atoms with Gasteiger partial charge in [-0.15, -0.1) is 0 Å². The fraction of sp³-hybridized carbons (Fsp3) is 0.600. The zero-order valence-corrected chi connectivity index (χ0v) is 12.4. The van der Waals surface area contributed by atoms with Crippen molar-refractivity contribution in [2.24, 2.45) is 0 Å². The molecular formula is C15H24FNS. The molecule has 0 saturated heterocycles. The van der Waals surface area contributed by atoms with E-state index < -0.39 is 0 Å².